The average molecular weight is 317 g/mol. The summed E-state index contributed by atoms with van der Waals surface area (Å²) in [4.78, 5) is 0. The Kier molecular flexibility index (Phi) is 6.21. The van der Waals surface area contributed by atoms with E-state index in [9.17, 15) is 10.2 Å². The van der Waals surface area contributed by atoms with E-state index in [4.69, 9.17) is 9.16 Å². The Morgan fingerprint density at radius 1 is 1.43 bits per heavy atom. The second kappa shape index (κ2) is 6.92. The Morgan fingerprint density at radius 3 is 2.43 bits per heavy atom. The van der Waals surface area contributed by atoms with E-state index in [2.05, 4.69) is 40.4 Å². The Bertz CT molecular complexity index is 351. The molecule has 0 aromatic rings. The van der Waals surface area contributed by atoms with Gasteiger partial charge in [-0.1, -0.05) is 33.8 Å². The summed E-state index contributed by atoms with van der Waals surface area (Å²) >= 11 is 0. The monoisotopic (exact) mass is 316 g/mol. The smallest absolute Gasteiger partial charge is 0.192 e. The molecule has 5 atom stereocenters. The summed E-state index contributed by atoms with van der Waals surface area (Å²) in [6.45, 7) is 16.7. The summed E-state index contributed by atoms with van der Waals surface area (Å²) in [6.07, 6.45) is 0.808. The molecule has 2 N–H and O–H groups in total. The van der Waals surface area contributed by atoms with E-state index in [1.54, 1.807) is 0 Å². The standard InChI is InChI=1S/C16H32O4Si/c1-8-11(2)15-13(9-12(18)14(10-17)19-15)20-21(6,7)16(3,4)5/h8,11-15,17-18H,1,9-10H2,2-7H3/t11?,12-,13+,14-,15+/m1/s1. The maximum Gasteiger partial charge on any atom is 0.192 e. The van der Waals surface area contributed by atoms with Gasteiger partial charge in [0.2, 0.25) is 0 Å². The molecular formula is C16H32O4Si. The normalized spacial score (nSPS) is 32.8. The van der Waals surface area contributed by atoms with E-state index in [0.29, 0.717) is 6.42 Å². The minimum Gasteiger partial charge on any atom is -0.411 e. The lowest BCUT2D eigenvalue weighted by atomic mass is 9.91. The molecule has 0 radical (unpaired) electrons. The molecule has 21 heavy (non-hydrogen) atoms. The first-order valence-corrected chi connectivity index (χ1v) is 10.7. The van der Waals surface area contributed by atoms with E-state index in [1.165, 1.54) is 0 Å². The molecule has 1 saturated heterocycles. The Labute approximate surface area is 130 Å². The van der Waals surface area contributed by atoms with E-state index < -0.39 is 20.5 Å². The fraction of sp³-hybridized carbons (Fsp3) is 0.875. The van der Waals surface area contributed by atoms with Crippen LogP contribution < -0.4 is 0 Å². The van der Waals surface area contributed by atoms with Crippen LogP contribution in [0.1, 0.15) is 34.1 Å². The first kappa shape index (κ1) is 18.8. The van der Waals surface area contributed by atoms with Gasteiger partial charge in [0.15, 0.2) is 8.32 Å². The first-order chi connectivity index (χ1) is 9.53. The molecule has 0 amide bonds. The molecule has 1 heterocycles. The summed E-state index contributed by atoms with van der Waals surface area (Å²) in [7, 11) is -1.94. The minimum atomic E-state index is -1.94. The Hall–Kier alpha value is -0.203. The van der Waals surface area contributed by atoms with Gasteiger partial charge in [0.25, 0.3) is 0 Å². The fourth-order valence-corrected chi connectivity index (χ4v) is 3.68. The third kappa shape index (κ3) is 4.39. The number of hydrogen-bond donors (Lipinski definition) is 2. The number of aliphatic hydroxyl groups excluding tert-OH is 2. The van der Waals surface area contributed by atoms with Crippen molar-refractivity contribution < 1.29 is 19.4 Å². The Balaban J connectivity index is 2.93. The molecule has 1 rings (SSSR count). The number of hydrogen-bond acceptors (Lipinski definition) is 4. The van der Waals surface area contributed by atoms with Gasteiger partial charge in [0.1, 0.15) is 6.10 Å². The molecule has 0 spiro atoms. The highest BCUT2D eigenvalue weighted by Crippen LogP contribution is 2.40. The largest absolute Gasteiger partial charge is 0.411 e. The van der Waals surface area contributed by atoms with Crippen LogP contribution >= 0.6 is 0 Å². The zero-order valence-electron chi connectivity index (χ0n) is 14.3. The number of aliphatic hydroxyl groups is 2. The van der Waals surface area contributed by atoms with Crippen molar-refractivity contribution in [2.45, 2.75) is 76.7 Å². The summed E-state index contributed by atoms with van der Waals surface area (Å²) in [5.41, 5.74) is 0. The van der Waals surface area contributed by atoms with Crippen LogP contribution in [-0.2, 0) is 9.16 Å². The number of ether oxygens (including phenoxy) is 1. The van der Waals surface area contributed by atoms with Crippen molar-refractivity contribution >= 4 is 8.32 Å². The second-order valence-electron chi connectivity index (χ2n) is 7.64. The molecular weight excluding hydrogens is 284 g/mol. The van der Waals surface area contributed by atoms with Gasteiger partial charge in [0, 0.05) is 12.3 Å². The van der Waals surface area contributed by atoms with Crippen molar-refractivity contribution in [1.82, 2.24) is 0 Å². The highest BCUT2D eigenvalue weighted by atomic mass is 28.4. The molecule has 124 valence electrons. The van der Waals surface area contributed by atoms with Crippen LogP contribution in [0.2, 0.25) is 18.1 Å². The van der Waals surface area contributed by atoms with Crippen LogP contribution in [0.25, 0.3) is 0 Å². The average Bonchev–Trinajstić information content (AvgIpc) is 2.36. The topological polar surface area (TPSA) is 58.9 Å². The maximum absolute atomic E-state index is 10.1. The lowest BCUT2D eigenvalue weighted by Gasteiger charge is -2.46. The lowest BCUT2D eigenvalue weighted by molar-refractivity contribution is -0.184. The van der Waals surface area contributed by atoms with Crippen molar-refractivity contribution in [2.24, 2.45) is 5.92 Å². The van der Waals surface area contributed by atoms with E-state index in [-0.39, 0.29) is 29.8 Å². The van der Waals surface area contributed by atoms with Crippen LogP contribution in [0.3, 0.4) is 0 Å². The van der Waals surface area contributed by atoms with E-state index in [0.717, 1.165) is 0 Å². The molecule has 1 aliphatic heterocycles. The van der Waals surface area contributed by atoms with Crippen molar-refractivity contribution in [3.8, 4) is 0 Å². The van der Waals surface area contributed by atoms with Crippen molar-refractivity contribution in [2.75, 3.05) is 6.61 Å². The maximum atomic E-state index is 10.1. The Morgan fingerprint density at radius 2 is 2.00 bits per heavy atom. The summed E-state index contributed by atoms with van der Waals surface area (Å²) in [5.74, 6) is 0.112. The van der Waals surface area contributed by atoms with E-state index >= 15 is 0 Å². The molecule has 5 heteroatoms. The number of rotatable bonds is 5. The van der Waals surface area contributed by atoms with Crippen molar-refractivity contribution in [1.29, 1.82) is 0 Å². The van der Waals surface area contributed by atoms with Gasteiger partial charge in [0.05, 0.1) is 24.9 Å². The predicted octanol–water partition coefficient (Wildman–Crippen LogP) is 2.71. The summed E-state index contributed by atoms with van der Waals surface area (Å²) < 4.78 is 12.4. The molecule has 4 nitrogen and oxygen atoms in total. The molecule has 0 saturated carbocycles. The van der Waals surface area contributed by atoms with Gasteiger partial charge in [-0.25, -0.2) is 0 Å². The van der Waals surface area contributed by atoms with E-state index in [1.807, 2.05) is 13.0 Å². The molecule has 0 aromatic heterocycles. The molecule has 1 aliphatic rings. The van der Waals surface area contributed by atoms with Gasteiger partial charge in [-0.2, -0.15) is 0 Å². The van der Waals surface area contributed by atoms with Gasteiger partial charge < -0.3 is 19.4 Å². The fourth-order valence-electron chi connectivity index (χ4n) is 2.34. The van der Waals surface area contributed by atoms with Crippen LogP contribution in [-0.4, -0.2) is 49.6 Å². The zero-order valence-corrected chi connectivity index (χ0v) is 15.3. The molecule has 0 aromatic carbocycles. The molecule has 0 bridgehead atoms. The highest BCUT2D eigenvalue weighted by Gasteiger charge is 2.45. The molecule has 1 fully saturated rings. The third-order valence-electron chi connectivity index (χ3n) is 4.92. The van der Waals surface area contributed by atoms with Gasteiger partial charge in [-0.3, -0.25) is 0 Å². The summed E-state index contributed by atoms with van der Waals surface area (Å²) in [5, 5.41) is 19.6. The molecule has 1 unspecified atom stereocenters. The quantitative estimate of drug-likeness (QED) is 0.605. The van der Waals surface area contributed by atoms with Crippen LogP contribution in [0, 0.1) is 5.92 Å². The lowest BCUT2D eigenvalue weighted by Crippen LogP contribution is -2.56. The van der Waals surface area contributed by atoms with Gasteiger partial charge >= 0.3 is 0 Å². The SMILES string of the molecule is C=CC(C)[C@@H]1O[C@H](CO)[C@H](O)C[C@@H]1O[Si](C)(C)C(C)(C)C. The van der Waals surface area contributed by atoms with Crippen LogP contribution in [0.5, 0.6) is 0 Å². The van der Waals surface area contributed by atoms with Crippen LogP contribution in [0.4, 0.5) is 0 Å². The van der Waals surface area contributed by atoms with Crippen LogP contribution in [0.15, 0.2) is 12.7 Å². The predicted molar refractivity (Wildman–Crippen MR) is 87.8 cm³/mol. The zero-order chi connectivity index (χ0) is 16.4. The second-order valence-corrected chi connectivity index (χ2v) is 12.4. The molecule has 0 aliphatic carbocycles. The highest BCUT2D eigenvalue weighted by molar-refractivity contribution is 6.74. The van der Waals surface area contributed by atoms with Gasteiger partial charge in [-0.05, 0) is 18.1 Å². The van der Waals surface area contributed by atoms with Gasteiger partial charge in [-0.15, -0.1) is 6.58 Å². The minimum absolute atomic E-state index is 0.105. The summed E-state index contributed by atoms with van der Waals surface area (Å²) in [6, 6.07) is 0. The van der Waals surface area contributed by atoms with Crippen molar-refractivity contribution in [3.63, 3.8) is 0 Å². The third-order valence-corrected chi connectivity index (χ3v) is 9.43. The van der Waals surface area contributed by atoms with Crippen molar-refractivity contribution in [3.05, 3.63) is 12.7 Å². The first-order valence-electron chi connectivity index (χ1n) is 7.78.